The van der Waals surface area contributed by atoms with Crippen molar-refractivity contribution in [2.75, 3.05) is 11.4 Å². The molecule has 0 N–H and O–H groups in total. The van der Waals surface area contributed by atoms with Crippen LogP contribution in [0.3, 0.4) is 0 Å². The molecule has 0 radical (unpaired) electrons. The number of alkyl halides is 1. The second-order valence-electron chi connectivity index (χ2n) is 4.57. The van der Waals surface area contributed by atoms with Crippen LogP contribution in [0.25, 0.3) is 0 Å². The minimum absolute atomic E-state index is 0.149. The smallest absolute Gasteiger partial charge is 0.273 e. The molecule has 110 valence electrons. The molecule has 0 saturated heterocycles. The molecule has 2 aromatic rings. The van der Waals surface area contributed by atoms with Gasteiger partial charge in [0.05, 0.1) is 4.92 Å². The number of hydrogen-bond acceptors (Lipinski definition) is 4. The van der Waals surface area contributed by atoms with E-state index in [-0.39, 0.29) is 10.6 Å². The molecule has 1 heterocycles. The molecule has 0 atom stereocenters. The Morgan fingerprint density at radius 3 is 2.57 bits per heavy atom. The van der Waals surface area contributed by atoms with Gasteiger partial charge in [0.25, 0.3) is 5.69 Å². The minimum atomic E-state index is -0.348. The van der Waals surface area contributed by atoms with Crippen molar-refractivity contribution in [3.05, 3.63) is 64.0 Å². The van der Waals surface area contributed by atoms with Crippen LogP contribution in [0.5, 0.6) is 0 Å². The van der Waals surface area contributed by atoms with Gasteiger partial charge in [0.2, 0.25) is 0 Å². The molecular formula is C15H16BrN3O2. The van der Waals surface area contributed by atoms with Crippen LogP contribution in [0.1, 0.15) is 18.1 Å². The van der Waals surface area contributed by atoms with E-state index < -0.39 is 0 Å². The highest BCUT2D eigenvalue weighted by atomic mass is 79.9. The Morgan fingerprint density at radius 2 is 2.00 bits per heavy atom. The first-order valence-electron chi connectivity index (χ1n) is 6.62. The van der Waals surface area contributed by atoms with Gasteiger partial charge in [0, 0.05) is 48.1 Å². The summed E-state index contributed by atoms with van der Waals surface area (Å²) in [4.78, 5) is 16.8. The zero-order valence-electron chi connectivity index (χ0n) is 11.7. The SMILES string of the molecule is CCN(Cc1ccncc1)c1ccc([N+](=O)[O-])c(CBr)c1. The summed E-state index contributed by atoms with van der Waals surface area (Å²) >= 11 is 3.32. The van der Waals surface area contributed by atoms with Crippen LogP contribution >= 0.6 is 15.9 Å². The fourth-order valence-electron chi connectivity index (χ4n) is 2.15. The molecule has 2 rings (SSSR count). The lowest BCUT2D eigenvalue weighted by atomic mass is 10.1. The highest BCUT2D eigenvalue weighted by molar-refractivity contribution is 9.08. The molecule has 5 nitrogen and oxygen atoms in total. The first kappa shape index (κ1) is 15.4. The third-order valence-electron chi connectivity index (χ3n) is 3.27. The fraction of sp³-hybridized carbons (Fsp3) is 0.267. The number of halogens is 1. The molecule has 1 aromatic heterocycles. The van der Waals surface area contributed by atoms with E-state index in [9.17, 15) is 10.1 Å². The number of hydrogen-bond donors (Lipinski definition) is 0. The molecule has 0 saturated carbocycles. The van der Waals surface area contributed by atoms with Crippen LogP contribution in [0.4, 0.5) is 11.4 Å². The number of nitro groups is 1. The van der Waals surface area contributed by atoms with Gasteiger partial charge in [-0.3, -0.25) is 15.1 Å². The first-order valence-corrected chi connectivity index (χ1v) is 7.75. The van der Waals surface area contributed by atoms with Gasteiger partial charge in [0.1, 0.15) is 0 Å². The van der Waals surface area contributed by atoms with Crippen molar-refractivity contribution >= 4 is 27.3 Å². The van der Waals surface area contributed by atoms with Crippen molar-refractivity contribution in [1.82, 2.24) is 4.98 Å². The van der Waals surface area contributed by atoms with Crippen molar-refractivity contribution in [2.24, 2.45) is 0 Å². The van der Waals surface area contributed by atoms with E-state index in [0.29, 0.717) is 10.9 Å². The number of nitro benzene ring substituents is 1. The maximum Gasteiger partial charge on any atom is 0.273 e. The summed E-state index contributed by atoms with van der Waals surface area (Å²) in [6, 6.07) is 9.19. The molecule has 0 fully saturated rings. The highest BCUT2D eigenvalue weighted by Crippen LogP contribution is 2.27. The van der Waals surface area contributed by atoms with E-state index in [1.165, 1.54) is 0 Å². The number of benzene rings is 1. The summed E-state index contributed by atoms with van der Waals surface area (Å²) in [6.45, 7) is 3.64. The van der Waals surface area contributed by atoms with Crippen LogP contribution in [0.15, 0.2) is 42.7 Å². The largest absolute Gasteiger partial charge is 0.367 e. The number of nitrogens with zero attached hydrogens (tertiary/aromatic N) is 3. The van der Waals surface area contributed by atoms with Gasteiger partial charge in [-0.05, 0) is 36.8 Å². The topological polar surface area (TPSA) is 59.3 Å². The second-order valence-corrected chi connectivity index (χ2v) is 5.13. The van der Waals surface area contributed by atoms with Gasteiger partial charge in [0.15, 0.2) is 0 Å². The van der Waals surface area contributed by atoms with Crippen molar-refractivity contribution in [1.29, 1.82) is 0 Å². The first-order chi connectivity index (χ1) is 10.2. The third kappa shape index (κ3) is 3.78. The molecule has 0 aliphatic rings. The van der Waals surface area contributed by atoms with Crippen molar-refractivity contribution in [3.8, 4) is 0 Å². The summed E-state index contributed by atoms with van der Waals surface area (Å²) in [5.74, 6) is 0. The maximum absolute atomic E-state index is 11.0. The minimum Gasteiger partial charge on any atom is -0.367 e. The quantitative estimate of drug-likeness (QED) is 0.450. The average molecular weight is 350 g/mol. The standard InChI is InChI=1S/C15H16BrN3O2/c1-2-18(11-12-5-7-17-8-6-12)14-3-4-15(19(20)21)13(9-14)10-16/h3-9H,2,10-11H2,1H3. The van der Waals surface area contributed by atoms with Crippen molar-refractivity contribution < 1.29 is 4.92 Å². The molecule has 0 amide bonds. The van der Waals surface area contributed by atoms with Crippen LogP contribution < -0.4 is 4.90 Å². The lowest BCUT2D eigenvalue weighted by Crippen LogP contribution is -2.22. The van der Waals surface area contributed by atoms with Crippen LogP contribution in [0.2, 0.25) is 0 Å². The van der Waals surface area contributed by atoms with Gasteiger partial charge in [-0.1, -0.05) is 15.9 Å². The molecule has 0 spiro atoms. The summed E-state index contributed by atoms with van der Waals surface area (Å²) < 4.78 is 0. The van der Waals surface area contributed by atoms with Crippen molar-refractivity contribution in [2.45, 2.75) is 18.8 Å². The number of anilines is 1. The molecule has 0 unspecified atom stereocenters. The number of aromatic nitrogens is 1. The molecule has 1 aromatic carbocycles. The van der Waals surface area contributed by atoms with E-state index in [2.05, 4.69) is 32.7 Å². The number of rotatable bonds is 6. The van der Waals surface area contributed by atoms with Crippen LogP contribution in [0, 0.1) is 10.1 Å². The van der Waals surface area contributed by atoms with Gasteiger partial charge in [-0.2, -0.15) is 0 Å². The van der Waals surface area contributed by atoms with E-state index in [1.54, 1.807) is 24.5 Å². The molecule has 21 heavy (non-hydrogen) atoms. The van der Waals surface area contributed by atoms with Gasteiger partial charge < -0.3 is 4.90 Å². The molecule has 0 bridgehead atoms. The van der Waals surface area contributed by atoms with Crippen molar-refractivity contribution in [3.63, 3.8) is 0 Å². The zero-order chi connectivity index (χ0) is 15.2. The Hall–Kier alpha value is -1.95. The van der Waals surface area contributed by atoms with Crippen LogP contribution in [-0.2, 0) is 11.9 Å². The van der Waals surface area contributed by atoms with Gasteiger partial charge in [-0.25, -0.2) is 0 Å². The highest BCUT2D eigenvalue weighted by Gasteiger charge is 2.15. The Morgan fingerprint density at radius 1 is 1.29 bits per heavy atom. The van der Waals surface area contributed by atoms with Gasteiger partial charge >= 0.3 is 0 Å². The summed E-state index contributed by atoms with van der Waals surface area (Å²) in [5, 5.41) is 11.4. The summed E-state index contributed by atoms with van der Waals surface area (Å²) in [7, 11) is 0. The fourth-order valence-corrected chi connectivity index (χ4v) is 2.60. The Bertz CT molecular complexity index is 620. The van der Waals surface area contributed by atoms with Crippen LogP contribution in [-0.4, -0.2) is 16.5 Å². The zero-order valence-corrected chi connectivity index (χ0v) is 13.3. The molecule has 6 heteroatoms. The predicted octanol–water partition coefficient (Wildman–Crippen LogP) is 3.91. The average Bonchev–Trinajstić information content (AvgIpc) is 2.52. The predicted molar refractivity (Wildman–Crippen MR) is 86.7 cm³/mol. The Kier molecular flexibility index (Phi) is 5.27. The second kappa shape index (κ2) is 7.17. The number of pyridine rings is 1. The van der Waals surface area contributed by atoms with Gasteiger partial charge in [-0.15, -0.1) is 0 Å². The van der Waals surface area contributed by atoms with E-state index in [4.69, 9.17) is 0 Å². The molecule has 0 aliphatic heterocycles. The van der Waals surface area contributed by atoms with E-state index in [1.807, 2.05) is 18.2 Å². The Balaban J connectivity index is 2.28. The van der Waals surface area contributed by atoms with E-state index >= 15 is 0 Å². The summed E-state index contributed by atoms with van der Waals surface area (Å²) in [5.41, 5.74) is 2.97. The normalized spacial score (nSPS) is 10.4. The molecular weight excluding hydrogens is 334 g/mol. The molecule has 0 aliphatic carbocycles. The lowest BCUT2D eigenvalue weighted by molar-refractivity contribution is -0.385. The Labute approximate surface area is 131 Å². The van der Waals surface area contributed by atoms with E-state index in [0.717, 1.165) is 24.3 Å². The summed E-state index contributed by atoms with van der Waals surface area (Å²) in [6.07, 6.45) is 3.53. The monoisotopic (exact) mass is 349 g/mol. The lowest BCUT2D eigenvalue weighted by Gasteiger charge is -2.23. The third-order valence-corrected chi connectivity index (χ3v) is 3.88. The maximum atomic E-state index is 11.0.